The summed E-state index contributed by atoms with van der Waals surface area (Å²) in [7, 11) is 0. The van der Waals surface area contributed by atoms with Gasteiger partial charge in [-0.1, -0.05) is 0 Å². The van der Waals surface area contributed by atoms with Gasteiger partial charge in [-0.15, -0.1) is 16.9 Å². The molecule has 68 valence electrons. The first-order valence-electron chi connectivity index (χ1n) is 3.20. The van der Waals surface area contributed by atoms with E-state index in [0.29, 0.717) is 17.6 Å². The largest absolute Gasteiger partial charge is 0.488 e. The lowest BCUT2D eigenvalue weighted by Gasteiger charge is -2.10. The van der Waals surface area contributed by atoms with Crippen LogP contribution in [0.5, 0.6) is 0 Å². The van der Waals surface area contributed by atoms with E-state index in [1.54, 1.807) is 6.92 Å². The number of halogens is 3. The van der Waals surface area contributed by atoms with Gasteiger partial charge in [0.2, 0.25) is 5.16 Å². The van der Waals surface area contributed by atoms with Gasteiger partial charge in [0, 0.05) is 0 Å². The summed E-state index contributed by atoms with van der Waals surface area (Å²) in [4.78, 5) is 3.72. The predicted octanol–water partition coefficient (Wildman–Crippen LogP) is 1.59. The van der Waals surface area contributed by atoms with Crippen molar-refractivity contribution < 1.29 is 12.9 Å². The highest BCUT2D eigenvalue weighted by molar-refractivity contribution is 8.00. The van der Waals surface area contributed by atoms with E-state index in [1.165, 1.54) is 0 Å². The SMILES string of the molecule is Cc1nc(SC[B-](F)(F)F)n[nH]1. The van der Waals surface area contributed by atoms with Crippen molar-refractivity contribution in [1.29, 1.82) is 0 Å². The highest BCUT2D eigenvalue weighted by Crippen LogP contribution is 2.20. The summed E-state index contributed by atoms with van der Waals surface area (Å²) in [6.07, 6.45) is 0. The predicted molar refractivity (Wildman–Crippen MR) is 40.9 cm³/mol. The molecule has 0 aromatic carbocycles. The Balaban J connectivity index is 2.44. The van der Waals surface area contributed by atoms with E-state index in [2.05, 4.69) is 15.2 Å². The molecule has 0 fully saturated rings. The van der Waals surface area contributed by atoms with E-state index in [9.17, 15) is 12.9 Å². The standard InChI is InChI=1S/C4H6BF3N3S/c1-3-9-4(11-10-3)12-2-5(6,7)8/h2H2,1H3,(H,9,10,11)/q-1. The first-order valence-corrected chi connectivity index (χ1v) is 4.19. The van der Waals surface area contributed by atoms with Crippen molar-refractivity contribution in [2.24, 2.45) is 0 Å². The number of aromatic amines is 1. The number of hydrogen-bond acceptors (Lipinski definition) is 3. The Morgan fingerprint density at radius 2 is 2.17 bits per heavy atom. The van der Waals surface area contributed by atoms with Crippen molar-refractivity contribution in [2.45, 2.75) is 12.1 Å². The maximum absolute atomic E-state index is 11.7. The Kier molecular flexibility index (Phi) is 2.66. The quantitative estimate of drug-likeness (QED) is 0.589. The minimum Gasteiger partial charge on any atom is -0.448 e. The molecule has 1 aromatic rings. The van der Waals surface area contributed by atoms with E-state index in [4.69, 9.17) is 0 Å². The number of H-pyrrole nitrogens is 1. The van der Waals surface area contributed by atoms with Crippen molar-refractivity contribution in [3.63, 3.8) is 0 Å². The molecule has 12 heavy (non-hydrogen) atoms. The van der Waals surface area contributed by atoms with Gasteiger partial charge in [0.1, 0.15) is 5.82 Å². The van der Waals surface area contributed by atoms with Gasteiger partial charge in [0.15, 0.2) is 0 Å². The maximum atomic E-state index is 11.7. The van der Waals surface area contributed by atoms with Crippen LogP contribution >= 0.6 is 11.8 Å². The van der Waals surface area contributed by atoms with E-state index < -0.39 is 12.6 Å². The molecule has 1 aromatic heterocycles. The Morgan fingerprint density at radius 3 is 2.58 bits per heavy atom. The van der Waals surface area contributed by atoms with Gasteiger partial charge in [-0.25, -0.2) is 4.98 Å². The molecule has 0 radical (unpaired) electrons. The number of hydrogen-bond donors (Lipinski definition) is 1. The first kappa shape index (κ1) is 9.43. The monoisotopic (exact) mass is 196 g/mol. The van der Waals surface area contributed by atoms with Crippen molar-refractivity contribution in [2.75, 3.05) is 5.65 Å². The number of nitrogens with one attached hydrogen (secondary N) is 1. The molecule has 1 rings (SSSR count). The Bertz CT molecular complexity index is 260. The lowest BCUT2D eigenvalue weighted by Crippen LogP contribution is -2.19. The van der Waals surface area contributed by atoms with E-state index >= 15 is 0 Å². The minimum atomic E-state index is -4.75. The fraction of sp³-hybridized carbons (Fsp3) is 0.500. The molecule has 0 atom stereocenters. The number of aromatic nitrogens is 3. The topological polar surface area (TPSA) is 41.6 Å². The molecule has 0 aliphatic heterocycles. The van der Waals surface area contributed by atoms with Gasteiger partial charge in [-0.2, -0.15) is 0 Å². The van der Waals surface area contributed by atoms with Crippen LogP contribution in [0, 0.1) is 6.92 Å². The molecule has 0 unspecified atom stereocenters. The van der Waals surface area contributed by atoms with Crippen molar-refractivity contribution in [3.8, 4) is 0 Å². The number of aryl methyl sites for hydroxylation is 1. The molecule has 1 heterocycles. The second-order valence-corrected chi connectivity index (χ2v) is 3.21. The van der Waals surface area contributed by atoms with Crippen LogP contribution in [0.15, 0.2) is 5.16 Å². The normalized spacial score (nSPS) is 12.0. The molecule has 0 saturated heterocycles. The lowest BCUT2D eigenvalue weighted by molar-refractivity contribution is 0.485. The average molecular weight is 196 g/mol. The van der Waals surface area contributed by atoms with Crippen LogP contribution in [0.2, 0.25) is 0 Å². The van der Waals surface area contributed by atoms with Crippen molar-refractivity contribution in [3.05, 3.63) is 5.82 Å². The molecule has 0 bridgehead atoms. The van der Waals surface area contributed by atoms with Crippen molar-refractivity contribution in [1.82, 2.24) is 15.2 Å². The fourth-order valence-electron chi connectivity index (χ4n) is 0.556. The lowest BCUT2D eigenvalue weighted by atomic mass is 9.98. The van der Waals surface area contributed by atoms with Crippen LogP contribution in [0.4, 0.5) is 12.9 Å². The molecule has 0 aliphatic carbocycles. The van der Waals surface area contributed by atoms with Crippen LogP contribution in [-0.2, 0) is 0 Å². The van der Waals surface area contributed by atoms with E-state index in [1.807, 2.05) is 0 Å². The third kappa shape index (κ3) is 3.16. The molecule has 0 spiro atoms. The summed E-state index contributed by atoms with van der Waals surface area (Å²) in [5.41, 5.74) is -0.892. The zero-order valence-electron chi connectivity index (χ0n) is 6.22. The fourth-order valence-corrected chi connectivity index (χ4v) is 1.21. The third-order valence-corrected chi connectivity index (χ3v) is 1.96. The Morgan fingerprint density at radius 1 is 1.50 bits per heavy atom. The molecule has 0 amide bonds. The van der Waals surface area contributed by atoms with Gasteiger partial charge >= 0.3 is 6.98 Å². The summed E-state index contributed by atoms with van der Waals surface area (Å²) in [5.74, 6) is 0.521. The van der Waals surface area contributed by atoms with Crippen LogP contribution in [-0.4, -0.2) is 27.8 Å². The molecule has 0 aliphatic rings. The van der Waals surface area contributed by atoms with E-state index in [0.717, 1.165) is 0 Å². The summed E-state index contributed by atoms with van der Waals surface area (Å²) in [5, 5.41) is 6.16. The van der Waals surface area contributed by atoms with E-state index in [-0.39, 0.29) is 5.16 Å². The molecule has 8 heteroatoms. The molecular formula is C4H6BF3N3S-. The van der Waals surface area contributed by atoms with Gasteiger partial charge in [0.25, 0.3) is 0 Å². The average Bonchev–Trinajstić information content (AvgIpc) is 2.30. The van der Waals surface area contributed by atoms with Gasteiger partial charge in [-0.05, 0) is 12.6 Å². The van der Waals surface area contributed by atoms with Gasteiger partial charge in [-0.3, -0.25) is 5.10 Å². The zero-order chi connectivity index (χ0) is 9.19. The molecule has 0 saturated carbocycles. The Labute approximate surface area is 71.2 Å². The zero-order valence-corrected chi connectivity index (χ0v) is 7.04. The van der Waals surface area contributed by atoms with Crippen LogP contribution in [0.3, 0.4) is 0 Å². The molecule has 1 N–H and O–H groups in total. The molecular weight excluding hydrogens is 190 g/mol. The highest BCUT2D eigenvalue weighted by atomic mass is 32.2. The number of rotatable bonds is 3. The summed E-state index contributed by atoms with van der Waals surface area (Å²) >= 11 is 0.597. The maximum Gasteiger partial charge on any atom is 0.488 e. The summed E-state index contributed by atoms with van der Waals surface area (Å²) in [6, 6.07) is 0. The third-order valence-electron chi connectivity index (χ3n) is 0.978. The van der Waals surface area contributed by atoms with Gasteiger partial charge in [0.05, 0.1) is 0 Å². The first-order chi connectivity index (χ1) is 5.47. The smallest absolute Gasteiger partial charge is 0.448 e. The number of nitrogens with zero attached hydrogens (tertiary/aromatic N) is 2. The van der Waals surface area contributed by atoms with Crippen LogP contribution in [0.25, 0.3) is 0 Å². The minimum absolute atomic E-state index is 0.145. The second kappa shape index (κ2) is 3.38. The number of thioether (sulfide) groups is 1. The van der Waals surface area contributed by atoms with Gasteiger partial charge < -0.3 is 12.9 Å². The molecule has 3 nitrogen and oxygen atoms in total. The summed E-state index contributed by atoms with van der Waals surface area (Å²) < 4.78 is 35.2. The van der Waals surface area contributed by atoms with Crippen molar-refractivity contribution >= 4 is 18.7 Å². The second-order valence-electron chi connectivity index (χ2n) is 2.22. The highest BCUT2D eigenvalue weighted by Gasteiger charge is 2.23. The summed E-state index contributed by atoms with van der Waals surface area (Å²) in [6.45, 7) is -3.12. The van der Waals surface area contributed by atoms with Crippen LogP contribution in [0.1, 0.15) is 5.82 Å². The Hall–Kier alpha value is -0.655. The van der Waals surface area contributed by atoms with Crippen LogP contribution < -0.4 is 0 Å².